The highest BCUT2D eigenvalue weighted by Crippen LogP contribution is 2.17. The average molecular weight is 215 g/mol. The highest BCUT2D eigenvalue weighted by atomic mass is 16.1. The zero-order valence-electron chi connectivity index (χ0n) is 9.27. The third kappa shape index (κ3) is 1.82. The molecule has 0 atom stereocenters. The van der Waals surface area contributed by atoms with Crippen LogP contribution in [0.5, 0.6) is 0 Å². The van der Waals surface area contributed by atoms with E-state index in [1.165, 1.54) is 4.68 Å². The van der Waals surface area contributed by atoms with Gasteiger partial charge in [0.15, 0.2) is 0 Å². The topological polar surface area (TPSA) is 60.9 Å². The lowest BCUT2D eigenvalue weighted by atomic mass is 10.1. The Hall–Kier alpha value is -2.10. The largest absolute Gasteiger partial charge is 0.399 e. The quantitative estimate of drug-likeness (QED) is 0.730. The number of hydrogen-bond acceptors (Lipinski definition) is 3. The molecule has 0 radical (unpaired) electrons. The van der Waals surface area contributed by atoms with Crippen LogP contribution in [0.25, 0.3) is 11.3 Å². The second-order valence-electron chi connectivity index (χ2n) is 3.76. The molecule has 82 valence electrons. The van der Waals surface area contributed by atoms with Crippen molar-refractivity contribution in [2.24, 2.45) is 7.05 Å². The van der Waals surface area contributed by atoms with Crippen molar-refractivity contribution in [2.45, 2.75) is 6.92 Å². The first-order valence-electron chi connectivity index (χ1n) is 4.99. The predicted molar refractivity (Wildman–Crippen MR) is 64.1 cm³/mol. The molecule has 0 aliphatic rings. The summed E-state index contributed by atoms with van der Waals surface area (Å²) >= 11 is 0. The van der Waals surface area contributed by atoms with Gasteiger partial charge in [-0.05, 0) is 25.1 Å². The van der Waals surface area contributed by atoms with Crippen LogP contribution in [-0.4, -0.2) is 9.78 Å². The predicted octanol–water partition coefficient (Wildman–Crippen LogP) is 1.34. The van der Waals surface area contributed by atoms with E-state index in [1.54, 1.807) is 20.0 Å². The first kappa shape index (κ1) is 10.4. The molecular weight excluding hydrogens is 202 g/mol. The van der Waals surface area contributed by atoms with E-state index in [0.29, 0.717) is 11.3 Å². The van der Waals surface area contributed by atoms with Gasteiger partial charge in [0.05, 0.1) is 5.69 Å². The summed E-state index contributed by atoms with van der Waals surface area (Å²) in [6.07, 6.45) is 0. The molecule has 0 fully saturated rings. The van der Waals surface area contributed by atoms with Crippen LogP contribution in [-0.2, 0) is 7.05 Å². The van der Waals surface area contributed by atoms with Gasteiger partial charge in [0.25, 0.3) is 5.56 Å². The lowest BCUT2D eigenvalue weighted by Crippen LogP contribution is -2.21. The molecule has 2 rings (SSSR count). The van der Waals surface area contributed by atoms with Crippen molar-refractivity contribution >= 4 is 5.69 Å². The van der Waals surface area contributed by atoms with E-state index in [9.17, 15) is 4.79 Å². The lowest BCUT2D eigenvalue weighted by Gasteiger charge is -2.05. The Kier molecular flexibility index (Phi) is 2.48. The van der Waals surface area contributed by atoms with Gasteiger partial charge in [-0.2, -0.15) is 5.10 Å². The van der Waals surface area contributed by atoms with Crippen LogP contribution in [0.1, 0.15) is 5.56 Å². The van der Waals surface area contributed by atoms with Gasteiger partial charge < -0.3 is 5.73 Å². The third-order valence-corrected chi connectivity index (χ3v) is 2.45. The van der Waals surface area contributed by atoms with Gasteiger partial charge in [0, 0.05) is 23.9 Å². The van der Waals surface area contributed by atoms with E-state index in [-0.39, 0.29) is 5.56 Å². The van der Waals surface area contributed by atoms with Gasteiger partial charge >= 0.3 is 0 Å². The molecule has 0 saturated carbocycles. The maximum atomic E-state index is 11.5. The fourth-order valence-corrected chi connectivity index (χ4v) is 1.55. The molecule has 0 spiro atoms. The van der Waals surface area contributed by atoms with Crippen LogP contribution in [0, 0.1) is 6.92 Å². The van der Waals surface area contributed by atoms with E-state index < -0.39 is 0 Å². The standard InChI is InChI=1S/C12H13N3O/c1-8-7-11(14-15(2)12(8)16)9-3-5-10(13)6-4-9/h3-7H,13H2,1-2H3. The molecule has 2 N–H and O–H groups in total. The van der Waals surface area contributed by atoms with E-state index >= 15 is 0 Å². The Bertz CT molecular complexity index is 544. The summed E-state index contributed by atoms with van der Waals surface area (Å²) in [5, 5.41) is 4.20. The van der Waals surface area contributed by atoms with Crippen LogP contribution < -0.4 is 11.3 Å². The van der Waals surface area contributed by atoms with Crippen LogP contribution in [0.2, 0.25) is 0 Å². The lowest BCUT2D eigenvalue weighted by molar-refractivity contribution is 0.705. The zero-order chi connectivity index (χ0) is 11.7. The molecule has 2 aromatic rings. The summed E-state index contributed by atoms with van der Waals surface area (Å²) in [5.41, 5.74) is 8.67. The van der Waals surface area contributed by atoms with Crippen LogP contribution in [0.15, 0.2) is 35.1 Å². The summed E-state index contributed by atoms with van der Waals surface area (Å²) in [6, 6.07) is 9.20. The van der Waals surface area contributed by atoms with E-state index in [0.717, 1.165) is 11.3 Å². The molecule has 0 aliphatic carbocycles. The third-order valence-electron chi connectivity index (χ3n) is 2.45. The molecule has 4 heteroatoms. The Morgan fingerprint density at radius 2 is 1.88 bits per heavy atom. The van der Waals surface area contributed by atoms with E-state index in [2.05, 4.69) is 5.10 Å². The van der Waals surface area contributed by atoms with Crippen molar-refractivity contribution in [3.8, 4) is 11.3 Å². The van der Waals surface area contributed by atoms with Gasteiger partial charge in [-0.3, -0.25) is 4.79 Å². The molecule has 0 unspecified atom stereocenters. The van der Waals surface area contributed by atoms with E-state index in [4.69, 9.17) is 5.73 Å². The minimum Gasteiger partial charge on any atom is -0.399 e. The first-order valence-corrected chi connectivity index (χ1v) is 4.99. The number of benzene rings is 1. The molecule has 4 nitrogen and oxygen atoms in total. The number of nitrogens with two attached hydrogens (primary N) is 1. The Morgan fingerprint density at radius 1 is 1.25 bits per heavy atom. The van der Waals surface area contributed by atoms with Crippen molar-refractivity contribution in [2.75, 3.05) is 5.73 Å². The summed E-state index contributed by atoms with van der Waals surface area (Å²) in [5.74, 6) is 0. The highest BCUT2D eigenvalue weighted by molar-refractivity contribution is 5.61. The summed E-state index contributed by atoms with van der Waals surface area (Å²) in [4.78, 5) is 11.5. The molecule has 0 saturated heterocycles. The summed E-state index contributed by atoms with van der Waals surface area (Å²) < 4.78 is 1.35. The van der Waals surface area contributed by atoms with Gasteiger partial charge in [-0.1, -0.05) is 12.1 Å². The number of nitrogen functional groups attached to an aromatic ring is 1. The SMILES string of the molecule is Cc1cc(-c2ccc(N)cc2)nn(C)c1=O. The fraction of sp³-hybridized carbons (Fsp3) is 0.167. The van der Waals surface area contributed by atoms with Gasteiger partial charge in [-0.25, -0.2) is 4.68 Å². The van der Waals surface area contributed by atoms with Crippen molar-refractivity contribution in [3.63, 3.8) is 0 Å². The Balaban J connectivity index is 2.57. The summed E-state index contributed by atoms with van der Waals surface area (Å²) in [6.45, 7) is 1.78. The number of anilines is 1. The van der Waals surface area contributed by atoms with Crippen molar-refractivity contribution < 1.29 is 0 Å². The van der Waals surface area contributed by atoms with Crippen molar-refractivity contribution in [1.29, 1.82) is 0 Å². The zero-order valence-corrected chi connectivity index (χ0v) is 9.27. The van der Waals surface area contributed by atoms with E-state index in [1.807, 2.05) is 24.3 Å². The number of aromatic nitrogens is 2. The normalized spacial score (nSPS) is 10.4. The molecule has 0 bridgehead atoms. The molecule has 1 aromatic heterocycles. The molecule has 1 aromatic carbocycles. The fourth-order valence-electron chi connectivity index (χ4n) is 1.55. The van der Waals surface area contributed by atoms with Crippen molar-refractivity contribution in [1.82, 2.24) is 9.78 Å². The average Bonchev–Trinajstić information content (AvgIpc) is 2.26. The minimum absolute atomic E-state index is 0.0702. The highest BCUT2D eigenvalue weighted by Gasteiger charge is 2.04. The van der Waals surface area contributed by atoms with Crippen LogP contribution >= 0.6 is 0 Å². The molecule has 0 amide bonds. The molecule has 16 heavy (non-hydrogen) atoms. The van der Waals surface area contributed by atoms with Gasteiger partial charge in [0.2, 0.25) is 0 Å². The van der Waals surface area contributed by atoms with Crippen LogP contribution in [0.3, 0.4) is 0 Å². The second-order valence-corrected chi connectivity index (χ2v) is 3.76. The number of hydrogen-bond donors (Lipinski definition) is 1. The number of aryl methyl sites for hydroxylation is 2. The molecular formula is C12H13N3O. The minimum atomic E-state index is -0.0702. The number of nitrogens with zero attached hydrogens (tertiary/aromatic N) is 2. The molecule has 1 heterocycles. The second kappa shape index (κ2) is 3.81. The monoisotopic (exact) mass is 215 g/mol. The Morgan fingerprint density at radius 3 is 2.44 bits per heavy atom. The summed E-state index contributed by atoms with van der Waals surface area (Å²) in [7, 11) is 1.65. The van der Waals surface area contributed by atoms with Crippen molar-refractivity contribution in [3.05, 3.63) is 46.2 Å². The Labute approximate surface area is 93.3 Å². The van der Waals surface area contributed by atoms with Gasteiger partial charge in [0.1, 0.15) is 0 Å². The number of rotatable bonds is 1. The maximum absolute atomic E-state index is 11.5. The smallest absolute Gasteiger partial charge is 0.269 e. The first-order chi connectivity index (χ1) is 7.58. The van der Waals surface area contributed by atoms with Gasteiger partial charge in [-0.15, -0.1) is 0 Å². The van der Waals surface area contributed by atoms with Crippen LogP contribution in [0.4, 0.5) is 5.69 Å². The molecule has 0 aliphatic heterocycles. The maximum Gasteiger partial charge on any atom is 0.269 e.